The fourth-order valence-corrected chi connectivity index (χ4v) is 1.60. The van der Waals surface area contributed by atoms with Crippen molar-refractivity contribution in [2.45, 2.75) is 6.10 Å². The molecule has 1 saturated heterocycles. The number of carbonyl (C=O) groups is 1. The van der Waals surface area contributed by atoms with E-state index in [9.17, 15) is 4.79 Å². The van der Waals surface area contributed by atoms with Crippen LogP contribution in [0.25, 0.3) is 0 Å². The van der Waals surface area contributed by atoms with Gasteiger partial charge in [0.1, 0.15) is 12.1 Å². The van der Waals surface area contributed by atoms with Gasteiger partial charge in [-0.25, -0.2) is 14.8 Å². The van der Waals surface area contributed by atoms with Crippen LogP contribution in [-0.4, -0.2) is 48.8 Å². The van der Waals surface area contributed by atoms with Crippen LogP contribution in [0.5, 0.6) is 0 Å². The summed E-state index contributed by atoms with van der Waals surface area (Å²) in [5.74, 6) is 0.450. The Balaban J connectivity index is 2.05. The minimum atomic E-state index is -0.534. The van der Waals surface area contributed by atoms with Crippen LogP contribution in [0.4, 0.5) is 5.82 Å². The molecule has 16 heavy (non-hydrogen) atoms. The lowest BCUT2D eigenvalue weighted by molar-refractivity contribution is -0.154. The van der Waals surface area contributed by atoms with E-state index in [-0.39, 0.29) is 5.97 Å². The molecule has 6 nitrogen and oxygen atoms in total. The zero-order valence-electron chi connectivity index (χ0n) is 9.00. The number of esters is 1. The Labute approximate surface area is 93.2 Å². The first-order chi connectivity index (χ1) is 7.81. The van der Waals surface area contributed by atoms with E-state index in [1.807, 2.05) is 4.90 Å². The SMILES string of the molecule is COC(=O)C1CN(c2ccncn2)CCO1. The number of morpholine rings is 1. The molecular weight excluding hydrogens is 210 g/mol. The molecule has 0 spiro atoms. The van der Waals surface area contributed by atoms with Gasteiger partial charge in [0.05, 0.1) is 20.3 Å². The molecule has 1 fully saturated rings. The lowest BCUT2D eigenvalue weighted by Crippen LogP contribution is -2.46. The van der Waals surface area contributed by atoms with E-state index < -0.39 is 6.10 Å². The molecule has 1 atom stereocenters. The number of hydrogen-bond acceptors (Lipinski definition) is 6. The summed E-state index contributed by atoms with van der Waals surface area (Å²) in [6.07, 6.45) is 2.62. The Morgan fingerprint density at radius 2 is 2.56 bits per heavy atom. The summed E-state index contributed by atoms with van der Waals surface area (Å²) < 4.78 is 9.97. The highest BCUT2D eigenvalue weighted by Gasteiger charge is 2.27. The maximum Gasteiger partial charge on any atom is 0.336 e. The van der Waals surface area contributed by atoms with Crippen molar-refractivity contribution >= 4 is 11.8 Å². The van der Waals surface area contributed by atoms with Crippen LogP contribution in [0.1, 0.15) is 0 Å². The third-order valence-corrected chi connectivity index (χ3v) is 2.42. The van der Waals surface area contributed by atoms with Crippen LogP contribution in [0.2, 0.25) is 0 Å². The molecule has 0 amide bonds. The lowest BCUT2D eigenvalue weighted by atomic mass is 10.2. The second-order valence-electron chi connectivity index (χ2n) is 3.40. The van der Waals surface area contributed by atoms with E-state index in [4.69, 9.17) is 4.74 Å². The summed E-state index contributed by atoms with van der Waals surface area (Å²) in [7, 11) is 1.36. The first-order valence-corrected chi connectivity index (χ1v) is 5.01. The molecule has 6 heteroatoms. The second kappa shape index (κ2) is 4.89. The maximum atomic E-state index is 11.3. The average molecular weight is 223 g/mol. The average Bonchev–Trinajstić information content (AvgIpc) is 2.39. The molecule has 0 N–H and O–H groups in total. The fraction of sp³-hybridized carbons (Fsp3) is 0.500. The summed E-state index contributed by atoms with van der Waals surface area (Å²) in [4.78, 5) is 21.3. The molecule has 86 valence electrons. The van der Waals surface area contributed by atoms with Crippen molar-refractivity contribution in [3.05, 3.63) is 18.6 Å². The van der Waals surface area contributed by atoms with E-state index in [2.05, 4.69) is 14.7 Å². The summed E-state index contributed by atoms with van der Waals surface area (Å²) in [6, 6.07) is 1.81. The van der Waals surface area contributed by atoms with Crippen molar-refractivity contribution in [1.29, 1.82) is 0 Å². The molecule has 0 bridgehead atoms. The van der Waals surface area contributed by atoms with Gasteiger partial charge < -0.3 is 14.4 Å². The Morgan fingerprint density at radius 1 is 1.69 bits per heavy atom. The molecule has 0 radical (unpaired) electrons. The topological polar surface area (TPSA) is 64.5 Å². The Kier molecular flexibility index (Phi) is 3.31. The molecule has 0 saturated carbocycles. The van der Waals surface area contributed by atoms with Crippen LogP contribution in [-0.2, 0) is 14.3 Å². The van der Waals surface area contributed by atoms with E-state index in [0.717, 1.165) is 5.82 Å². The summed E-state index contributed by atoms with van der Waals surface area (Å²) in [5.41, 5.74) is 0. The molecular formula is C10H13N3O3. The lowest BCUT2D eigenvalue weighted by Gasteiger charge is -2.32. The number of ether oxygens (including phenoxy) is 2. The van der Waals surface area contributed by atoms with E-state index in [1.54, 1.807) is 12.3 Å². The van der Waals surface area contributed by atoms with Crippen LogP contribution in [0, 0.1) is 0 Å². The van der Waals surface area contributed by atoms with Gasteiger partial charge in [-0.3, -0.25) is 0 Å². The normalized spacial score (nSPS) is 20.6. The van der Waals surface area contributed by atoms with Crippen LogP contribution < -0.4 is 4.90 Å². The van der Waals surface area contributed by atoms with Crippen molar-refractivity contribution in [2.24, 2.45) is 0 Å². The van der Waals surface area contributed by atoms with Gasteiger partial charge in [0, 0.05) is 12.7 Å². The Bertz CT molecular complexity index is 358. The highest BCUT2D eigenvalue weighted by molar-refractivity contribution is 5.75. The fourth-order valence-electron chi connectivity index (χ4n) is 1.60. The second-order valence-corrected chi connectivity index (χ2v) is 3.40. The standard InChI is InChI=1S/C10H13N3O3/c1-15-10(14)8-6-13(4-5-16-8)9-2-3-11-7-12-9/h2-3,7-8H,4-6H2,1H3. The van der Waals surface area contributed by atoms with Crippen molar-refractivity contribution in [3.8, 4) is 0 Å². The quantitative estimate of drug-likeness (QED) is 0.650. The number of rotatable bonds is 2. The zero-order valence-corrected chi connectivity index (χ0v) is 9.00. The third-order valence-electron chi connectivity index (χ3n) is 2.42. The highest BCUT2D eigenvalue weighted by Crippen LogP contribution is 2.14. The molecule has 1 aromatic heterocycles. The van der Waals surface area contributed by atoms with Crippen LogP contribution >= 0.6 is 0 Å². The molecule has 1 aliphatic heterocycles. The van der Waals surface area contributed by atoms with Gasteiger partial charge in [-0.2, -0.15) is 0 Å². The van der Waals surface area contributed by atoms with E-state index in [1.165, 1.54) is 13.4 Å². The Morgan fingerprint density at radius 3 is 3.25 bits per heavy atom. The predicted molar refractivity (Wildman–Crippen MR) is 56.0 cm³/mol. The van der Waals surface area contributed by atoms with Gasteiger partial charge >= 0.3 is 5.97 Å². The minimum Gasteiger partial charge on any atom is -0.467 e. The molecule has 2 rings (SSSR count). The summed E-state index contributed by atoms with van der Waals surface area (Å²) >= 11 is 0. The number of nitrogens with zero attached hydrogens (tertiary/aromatic N) is 3. The number of carbonyl (C=O) groups excluding carboxylic acids is 1. The van der Waals surface area contributed by atoms with E-state index in [0.29, 0.717) is 19.7 Å². The van der Waals surface area contributed by atoms with Crippen LogP contribution in [0.3, 0.4) is 0 Å². The molecule has 1 aliphatic rings. The summed E-state index contributed by atoms with van der Waals surface area (Å²) in [5, 5.41) is 0. The minimum absolute atomic E-state index is 0.348. The highest BCUT2D eigenvalue weighted by atomic mass is 16.6. The molecule has 1 aromatic rings. The molecule has 0 aliphatic carbocycles. The van der Waals surface area contributed by atoms with Crippen LogP contribution in [0.15, 0.2) is 18.6 Å². The zero-order chi connectivity index (χ0) is 11.4. The van der Waals surface area contributed by atoms with Gasteiger partial charge in [-0.1, -0.05) is 0 Å². The largest absolute Gasteiger partial charge is 0.467 e. The number of aromatic nitrogens is 2. The van der Waals surface area contributed by atoms with Gasteiger partial charge in [0.25, 0.3) is 0 Å². The number of methoxy groups -OCH3 is 1. The van der Waals surface area contributed by atoms with Crippen molar-refractivity contribution in [3.63, 3.8) is 0 Å². The van der Waals surface area contributed by atoms with Crippen molar-refractivity contribution in [1.82, 2.24) is 9.97 Å². The first-order valence-electron chi connectivity index (χ1n) is 5.01. The number of anilines is 1. The predicted octanol–water partition coefficient (Wildman–Crippen LogP) is -0.145. The summed E-state index contributed by atoms with van der Waals surface area (Å²) in [6.45, 7) is 1.66. The monoisotopic (exact) mass is 223 g/mol. The molecule has 0 aromatic carbocycles. The molecule has 1 unspecified atom stereocenters. The van der Waals surface area contributed by atoms with Crippen molar-refractivity contribution in [2.75, 3.05) is 31.7 Å². The van der Waals surface area contributed by atoms with Crippen molar-refractivity contribution < 1.29 is 14.3 Å². The smallest absolute Gasteiger partial charge is 0.336 e. The maximum absolute atomic E-state index is 11.3. The van der Waals surface area contributed by atoms with Gasteiger partial charge in [-0.05, 0) is 6.07 Å². The first kappa shape index (κ1) is 10.8. The molecule has 2 heterocycles. The number of hydrogen-bond donors (Lipinski definition) is 0. The Hall–Kier alpha value is -1.69. The van der Waals surface area contributed by atoms with Gasteiger partial charge in [0.15, 0.2) is 6.10 Å². The van der Waals surface area contributed by atoms with Gasteiger partial charge in [0.2, 0.25) is 0 Å². The third kappa shape index (κ3) is 2.27. The van der Waals surface area contributed by atoms with Gasteiger partial charge in [-0.15, -0.1) is 0 Å². The van der Waals surface area contributed by atoms with E-state index >= 15 is 0 Å².